The number of nitrogens with one attached hydrogen (secondary N) is 1. The second-order valence-corrected chi connectivity index (χ2v) is 17.2. The highest BCUT2D eigenvalue weighted by atomic mass is 35.5. The summed E-state index contributed by atoms with van der Waals surface area (Å²) in [5.41, 5.74) is 2.08. The second-order valence-electron chi connectivity index (χ2n) is 14.6. The quantitative estimate of drug-likeness (QED) is 0.102. The molecular weight excluding hydrogens is 798 g/mol. The minimum Gasteiger partial charge on any atom is -0.340 e. The lowest BCUT2D eigenvalue weighted by Crippen LogP contribution is -2.31. The molecule has 13 heteroatoms. The molecule has 0 unspecified atom stereocenters. The number of rotatable bonds is 9. The fourth-order valence-corrected chi connectivity index (χ4v) is 9.79. The van der Waals surface area contributed by atoms with Crippen molar-refractivity contribution in [3.63, 3.8) is 0 Å². The van der Waals surface area contributed by atoms with E-state index >= 15 is 0 Å². The van der Waals surface area contributed by atoms with Gasteiger partial charge in [0, 0.05) is 38.6 Å². The third kappa shape index (κ3) is 12.0. The molecule has 0 aromatic heterocycles. The average molecular weight is 849 g/mol. The Hall–Kier alpha value is -3.03. The van der Waals surface area contributed by atoms with Gasteiger partial charge in [-0.25, -0.2) is 0 Å². The molecule has 0 spiro atoms. The van der Waals surface area contributed by atoms with Gasteiger partial charge in [-0.15, -0.1) is 11.6 Å². The highest BCUT2D eigenvalue weighted by Gasteiger charge is 2.34. The summed E-state index contributed by atoms with van der Waals surface area (Å²) in [7, 11) is 0. The maximum Gasteiger partial charge on any atom is 0.416 e. The first-order valence-electron chi connectivity index (χ1n) is 20.0. The summed E-state index contributed by atoms with van der Waals surface area (Å²) in [6.45, 7) is 7.33. The number of unbranched alkanes of at least 4 members (excludes halogenated alkanes) is 2. The summed E-state index contributed by atoms with van der Waals surface area (Å²) in [6.07, 6.45) is 3.15. The van der Waals surface area contributed by atoms with Crippen molar-refractivity contribution in [2.75, 3.05) is 61.5 Å². The molecule has 0 radical (unpaired) electrons. The molecule has 308 valence electrons. The van der Waals surface area contributed by atoms with Gasteiger partial charge in [0.05, 0.1) is 33.9 Å². The fraction of sp³-hybridized carbons (Fsp3) is 0.455. The summed E-state index contributed by atoms with van der Waals surface area (Å²) in [5, 5.41) is 3.28. The van der Waals surface area contributed by atoms with Gasteiger partial charge in [0.1, 0.15) is 0 Å². The normalized spacial score (nSPS) is 16.5. The Morgan fingerprint density at radius 1 is 0.509 bits per heavy atom. The molecule has 0 atom stereocenters. The summed E-state index contributed by atoms with van der Waals surface area (Å²) in [6, 6.07) is 23.9. The van der Waals surface area contributed by atoms with Gasteiger partial charge in [-0.2, -0.15) is 26.3 Å². The van der Waals surface area contributed by atoms with Crippen molar-refractivity contribution in [2.24, 2.45) is 0 Å². The molecule has 4 aromatic carbocycles. The average Bonchev–Trinajstić information content (AvgIpc) is 3.22. The van der Waals surface area contributed by atoms with Gasteiger partial charge in [0.2, 0.25) is 0 Å². The van der Waals surface area contributed by atoms with Crippen LogP contribution in [0.2, 0.25) is 0 Å². The van der Waals surface area contributed by atoms with Crippen LogP contribution in [0, 0.1) is 0 Å². The lowest BCUT2D eigenvalue weighted by atomic mass is 10.1. The molecule has 4 heterocycles. The van der Waals surface area contributed by atoms with Crippen LogP contribution in [0.4, 0.5) is 49.1 Å². The van der Waals surface area contributed by atoms with E-state index in [1.165, 1.54) is 94.7 Å². The van der Waals surface area contributed by atoms with Gasteiger partial charge in [-0.3, -0.25) is 0 Å². The zero-order chi connectivity index (χ0) is 40.3. The molecule has 4 aliphatic heterocycles. The number of piperidine rings is 2. The van der Waals surface area contributed by atoms with E-state index in [0.29, 0.717) is 23.8 Å². The molecule has 8 rings (SSSR count). The van der Waals surface area contributed by atoms with E-state index in [-0.39, 0.29) is 0 Å². The van der Waals surface area contributed by atoms with Crippen LogP contribution in [0.15, 0.2) is 105 Å². The van der Waals surface area contributed by atoms with Crippen molar-refractivity contribution in [3.8, 4) is 0 Å². The van der Waals surface area contributed by atoms with Crippen molar-refractivity contribution in [1.29, 1.82) is 0 Å². The first-order valence-corrected chi connectivity index (χ1v) is 22.2. The molecule has 4 aromatic rings. The lowest BCUT2D eigenvalue weighted by Gasteiger charge is -2.33. The van der Waals surface area contributed by atoms with Crippen molar-refractivity contribution < 1.29 is 26.3 Å². The van der Waals surface area contributed by atoms with Gasteiger partial charge >= 0.3 is 12.4 Å². The van der Waals surface area contributed by atoms with Gasteiger partial charge in [-0.1, -0.05) is 60.6 Å². The number of para-hydroxylation sites is 2. The van der Waals surface area contributed by atoms with Crippen LogP contribution in [0.1, 0.15) is 75.3 Å². The van der Waals surface area contributed by atoms with E-state index in [2.05, 4.69) is 15.1 Å². The van der Waals surface area contributed by atoms with Crippen molar-refractivity contribution >= 4 is 57.9 Å². The Morgan fingerprint density at radius 2 is 0.947 bits per heavy atom. The Balaban J connectivity index is 0.000000170. The molecule has 4 nitrogen and oxygen atoms in total. The first-order chi connectivity index (χ1) is 27.5. The largest absolute Gasteiger partial charge is 0.416 e. The molecule has 57 heavy (non-hydrogen) atoms. The molecule has 2 fully saturated rings. The number of hydrogen-bond acceptors (Lipinski definition) is 6. The van der Waals surface area contributed by atoms with E-state index < -0.39 is 23.5 Å². The summed E-state index contributed by atoms with van der Waals surface area (Å²) >= 11 is 8.79. The number of alkyl halides is 7. The van der Waals surface area contributed by atoms with E-state index in [1.54, 1.807) is 23.9 Å². The minimum atomic E-state index is -4.33. The Bertz CT molecular complexity index is 1870. The molecule has 0 bridgehead atoms. The molecule has 0 saturated carbocycles. The molecular formula is C44H51ClF6N4S2. The summed E-state index contributed by atoms with van der Waals surface area (Å²) < 4.78 is 78.9. The highest BCUT2D eigenvalue weighted by molar-refractivity contribution is 8.00. The lowest BCUT2D eigenvalue weighted by molar-refractivity contribution is -0.138. The summed E-state index contributed by atoms with van der Waals surface area (Å²) in [4.78, 5) is 10.5. The number of benzene rings is 4. The fourth-order valence-electron chi connectivity index (χ4n) is 7.45. The molecule has 1 N–H and O–H groups in total. The third-order valence-electron chi connectivity index (χ3n) is 10.4. The van der Waals surface area contributed by atoms with Crippen LogP contribution in [-0.4, -0.2) is 56.6 Å². The van der Waals surface area contributed by atoms with Crippen molar-refractivity contribution in [2.45, 2.75) is 96.1 Å². The Morgan fingerprint density at radius 3 is 1.39 bits per heavy atom. The van der Waals surface area contributed by atoms with Gasteiger partial charge in [0.25, 0.3) is 0 Å². The Kier molecular flexibility index (Phi) is 15.9. The standard InChI is InChI=1S/C22H25F3N2S.C17H15ClF3NS.C5H11N/c23-22(24,25)17-10-11-21-19(16-17)27(18-8-2-3-9-20(18)28-21)15-7-6-14-26-12-4-1-5-13-26;18-9-3-4-10-22-13-5-1-2-6-15(13)23-16-8-7-12(11-14(16)22)17(19,20)21;1-2-4-6-5-3-1/h2-3,8-11,16H,1,4-7,12-15H2;1-2,5-8,11H,3-4,9-10H2;6H,1-5H2. The molecule has 0 aliphatic carbocycles. The van der Waals surface area contributed by atoms with E-state index in [0.717, 1.165) is 75.8 Å². The monoisotopic (exact) mass is 848 g/mol. The van der Waals surface area contributed by atoms with Crippen LogP contribution in [0.3, 0.4) is 0 Å². The molecule has 4 aliphatic rings. The molecule has 2 saturated heterocycles. The van der Waals surface area contributed by atoms with E-state index in [1.807, 2.05) is 53.4 Å². The second kappa shape index (κ2) is 20.8. The SMILES string of the molecule is C1CCNCC1.FC(F)(F)c1ccc2c(c1)N(CCCCCl)c1ccccc1S2.FC(F)(F)c1ccc2c(c1)N(CCCCN1CCCCC1)c1ccccc1S2. The van der Waals surface area contributed by atoms with Crippen LogP contribution in [0.5, 0.6) is 0 Å². The third-order valence-corrected chi connectivity index (χ3v) is 13.0. The van der Waals surface area contributed by atoms with E-state index in [9.17, 15) is 26.3 Å². The van der Waals surface area contributed by atoms with Crippen LogP contribution < -0.4 is 15.1 Å². The highest BCUT2D eigenvalue weighted by Crippen LogP contribution is 2.51. The Labute approximate surface area is 346 Å². The van der Waals surface area contributed by atoms with Crippen LogP contribution in [-0.2, 0) is 12.4 Å². The van der Waals surface area contributed by atoms with Gasteiger partial charge in [-0.05, 0) is 145 Å². The zero-order valence-corrected chi connectivity index (χ0v) is 34.5. The van der Waals surface area contributed by atoms with Gasteiger partial charge in [0.15, 0.2) is 0 Å². The molecule has 0 amide bonds. The summed E-state index contributed by atoms with van der Waals surface area (Å²) in [5.74, 6) is 0.555. The number of nitrogens with zero attached hydrogens (tertiary/aromatic N) is 3. The smallest absolute Gasteiger partial charge is 0.340 e. The topological polar surface area (TPSA) is 21.8 Å². The predicted octanol–water partition coefficient (Wildman–Crippen LogP) is 13.7. The zero-order valence-electron chi connectivity index (χ0n) is 32.1. The number of fused-ring (bicyclic) bond motifs is 4. The van der Waals surface area contributed by atoms with Crippen LogP contribution >= 0.6 is 35.1 Å². The van der Waals surface area contributed by atoms with E-state index in [4.69, 9.17) is 11.6 Å². The maximum atomic E-state index is 13.3. The predicted molar refractivity (Wildman–Crippen MR) is 224 cm³/mol. The minimum absolute atomic E-state index is 0.555. The van der Waals surface area contributed by atoms with Gasteiger partial charge < -0.3 is 20.0 Å². The van der Waals surface area contributed by atoms with Crippen molar-refractivity contribution in [1.82, 2.24) is 10.2 Å². The number of hydrogen-bond donors (Lipinski definition) is 1. The number of halogens is 7. The first kappa shape index (κ1) is 43.5. The number of likely N-dealkylation sites (tertiary alicyclic amines) is 1. The van der Waals surface area contributed by atoms with Crippen LogP contribution in [0.25, 0.3) is 0 Å². The number of anilines is 4. The van der Waals surface area contributed by atoms with Crippen molar-refractivity contribution in [3.05, 3.63) is 96.1 Å². The maximum absolute atomic E-state index is 13.3.